The Labute approximate surface area is 295 Å². The molecule has 47 heavy (non-hydrogen) atoms. The van der Waals surface area contributed by atoms with E-state index in [1.165, 1.54) is 17.0 Å². The SMILES string of the molecule is Cc1ccc(S(=O)(=O)N(CC(=O)N(Cc2ccc(Cl)cc2Cl)[C@@H](Cc2ccccc2)C(=O)NC2CCCC2)c2ccc(Br)cc2)cc1. The Morgan fingerprint density at radius 3 is 2.21 bits per heavy atom. The second-order valence-electron chi connectivity index (χ2n) is 11.8. The summed E-state index contributed by atoms with van der Waals surface area (Å²) in [4.78, 5) is 30.3. The zero-order chi connectivity index (χ0) is 33.6. The zero-order valence-electron chi connectivity index (χ0n) is 25.9. The molecule has 1 fully saturated rings. The van der Waals surface area contributed by atoms with Gasteiger partial charge in [0.1, 0.15) is 12.6 Å². The number of nitrogens with one attached hydrogen (secondary N) is 1. The first-order chi connectivity index (χ1) is 22.5. The van der Waals surface area contributed by atoms with Crippen LogP contribution in [-0.4, -0.2) is 43.8 Å². The van der Waals surface area contributed by atoms with Crippen molar-refractivity contribution in [3.05, 3.63) is 128 Å². The van der Waals surface area contributed by atoms with Crippen molar-refractivity contribution in [2.75, 3.05) is 10.8 Å². The van der Waals surface area contributed by atoms with Crippen LogP contribution >= 0.6 is 39.1 Å². The second-order valence-corrected chi connectivity index (χ2v) is 15.4. The van der Waals surface area contributed by atoms with Gasteiger partial charge in [-0.2, -0.15) is 0 Å². The van der Waals surface area contributed by atoms with Crippen molar-refractivity contribution < 1.29 is 18.0 Å². The number of amides is 2. The highest BCUT2D eigenvalue weighted by Gasteiger charge is 2.36. The van der Waals surface area contributed by atoms with Gasteiger partial charge in [-0.3, -0.25) is 13.9 Å². The van der Waals surface area contributed by atoms with Crippen LogP contribution in [0.4, 0.5) is 5.69 Å². The van der Waals surface area contributed by atoms with Crippen LogP contribution in [-0.2, 0) is 32.6 Å². The summed E-state index contributed by atoms with van der Waals surface area (Å²) in [5, 5.41) is 3.94. The van der Waals surface area contributed by atoms with E-state index in [1.54, 1.807) is 54.6 Å². The predicted octanol–water partition coefficient (Wildman–Crippen LogP) is 7.96. The maximum absolute atomic E-state index is 14.6. The molecule has 0 saturated heterocycles. The van der Waals surface area contributed by atoms with E-state index in [4.69, 9.17) is 23.2 Å². The van der Waals surface area contributed by atoms with Crippen molar-refractivity contribution >= 4 is 66.7 Å². The van der Waals surface area contributed by atoms with Crippen molar-refractivity contribution in [3.8, 4) is 0 Å². The third kappa shape index (κ3) is 8.96. The number of sulfonamides is 1. The molecule has 0 spiro atoms. The van der Waals surface area contributed by atoms with E-state index in [9.17, 15) is 18.0 Å². The molecule has 1 N–H and O–H groups in total. The summed E-state index contributed by atoms with van der Waals surface area (Å²) in [6, 6.07) is 26.7. The molecule has 1 saturated carbocycles. The predicted molar refractivity (Wildman–Crippen MR) is 191 cm³/mol. The van der Waals surface area contributed by atoms with Crippen molar-refractivity contribution in [1.82, 2.24) is 10.2 Å². The van der Waals surface area contributed by atoms with Crippen LogP contribution in [0.1, 0.15) is 42.4 Å². The second kappa shape index (κ2) is 15.7. The molecule has 1 aliphatic carbocycles. The number of carbonyl (C=O) groups excluding carboxylic acids is 2. The number of hydrogen-bond acceptors (Lipinski definition) is 4. The van der Waals surface area contributed by atoms with Gasteiger partial charge in [0, 0.05) is 33.5 Å². The molecule has 0 radical (unpaired) electrons. The van der Waals surface area contributed by atoms with Gasteiger partial charge in [-0.15, -0.1) is 0 Å². The molecule has 1 aliphatic rings. The maximum Gasteiger partial charge on any atom is 0.264 e. The lowest BCUT2D eigenvalue weighted by Gasteiger charge is -2.34. The summed E-state index contributed by atoms with van der Waals surface area (Å²) in [7, 11) is -4.20. The van der Waals surface area contributed by atoms with Crippen molar-refractivity contribution in [3.63, 3.8) is 0 Å². The highest BCUT2D eigenvalue weighted by molar-refractivity contribution is 9.10. The van der Waals surface area contributed by atoms with Gasteiger partial charge in [0.15, 0.2) is 0 Å². The molecular weight excluding hydrogens is 721 g/mol. The first kappa shape index (κ1) is 35.0. The van der Waals surface area contributed by atoms with E-state index in [1.807, 2.05) is 37.3 Å². The lowest BCUT2D eigenvalue weighted by molar-refractivity contribution is -0.140. The van der Waals surface area contributed by atoms with Gasteiger partial charge in [0.05, 0.1) is 10.6 Å². The number of halogens is 3. The summed E-state index contributed by atoms with van der Waals surface area (Å²) >= 11 is 16.2. The lowest BCUT2D eigenvalue weighted by Crippen LogP contribution is -2.54. The smallest absolute Gasteiger partial charge is 0.264 e. The molecule has 5 rings (SSSR count). The summed E-state index contributed by atoms with van der Waals surface area (Å²) < 4.78 is 30.2. The van der Waals surface area contributed by atoms with Crippen LogP contribution in [0.3, 0.4) is 0 Å². The molecule has 1 atom stereocenters. The molecule has 11 heteroatoms. The summed E-state index contributed by atoms with van der Waals surface area (Å²) in [5.41, 5.74) is 2.64. The summed E-state index contributed by atoms with van der Waals surface area (Å²) in [6.07, 6.45) is 4.01. The average molecular weight is 758 g/mol. The van der Waals surface area contributed by atoms with Crippen LogP contribution in [0.2, 0.25) is 10.0 Å². The van der Waals surface area contributed by atoms with Gasteiger partial charge in [0.2, 0.25) is 11.8 Å². The van der Waals surface area contributed by atoms with E-state index >= 15 is 0 Å². The molecular formula is C36H36BrCl2N3O4S. The molecule has 0 bridgehead atoms. The molecule has 0 heterocycles. The van der Waals surface area contributed by atoms with Crippen LogP contribution in [0.15, 0.2) is 106 Å². The standard InChI is InChI=1S/C36H36BrCl2N3O4S/c1-25-11-19-32(20-12-25)47(45,46)42(31-17-14-28(37)15-18-31)24-35(43)41(23-27-13-16-29(38)22-33(27)39)34(21-26-7-3-2-4-8-26)36(44)40-30-9-5-6-10-30/h2-4,7-8,11-20,22,30,34H,5-6,9-10,21,23-24H2,1H3,(H,40,44)/t34-/m0/s1. The molecule has 4 aromatic carbocycles. The molecule has 0 unspecified atom stereocenters. The van der Waals surface area contributed by atoms with Crippen molar-refractivity contribution in [2.24, 2.45) is 0 Å². The first-order valence-electron chi connectivity index (χ1n) is 15.4. The number of nitrogens with zero attached hydrogens (tertiary/aromatic N) is 2. The lowest BCUT2D eigenvalue weighted by atomic mass is 10.0. The highest BCUT2D eigenvalue weighted by atomic mass is 79.9. The van der Waals surface area contributed by atoms with Gasteiger partial charge in [0.25, 0.3) is 10.0 Å². The molecule has 0 aromatic heterocycles. The van der Waals surface area contributed by atoms with Crippen LogP contribution < -0.4 is 9.62 Å². The molecule has 7 nitrogen and oxygen atoms in total. The number of aryl methyl sites for hydroxylation is 1. The number of rotatable bonds is 12. The third-order valence-corrected chi connectivity index (χ3v) is 11.2. The Bertz CT molecular complexity index is 1800. The van der Waals surface area contributed by atoms with E-state index in [2.05, 4.69) is 21.2 Å². The number of benzene rings is 4. The topological polar surface area (TPSA) is 86.8 Å². The Balaban J connectivity index is 1.58. The minimum Gasteiger partial charge on any atom is -0.352 e. The Kier molecular flexibility index (Phi) is 11.7. The normalized spacial score (nSPS) is 14.0. The Morgan fingerprint density at radius 1 is 0.915 bits per heavy atom. The fraction of sp³-hybridized carbons (Fsp3) is 0.278. The minimum absolute atomic E-state index is 0.0121. The summed E-state index contributed by atoms with van der Waals surface area (Å²) in [6.45, 7) is 1.28. The van der Waals surface area contributed by atoms with Crippen LogP contribution in [0.25, 0.3) is 0 Å². The van der Waals surface area contributed by atoms with E-state index in [0.29, 0.717) is 21.3 Å². The van der Waals surface area contributed by atoms with Gasteiger partial charge < -0.3 is 10.2 Å². The van der Waals surface area contributed by atoms with Crippen LogP contribution in [0.5, 0.6) is 0 Å². The van der Waals surface area contributed by atoms with Crippen LogP contribution in [0, 0.1) is 6.92 Å². The van der Waals surface area contributed by atoms with Gasteiger partial charge in [-0.1, -0.05) is 106 Å². The number of anilines is 1. The zero-order valence-corrected chi connectivity index (χ0v) is 29.8. The van der Waals surface area contributed by atoms with Gasteiger partial charge in [-0.25, -0.2) is 8.42 Å². The number of hydrogen-bond donors (Lipinski definition) is 1. The minimum atomic E-state index is -4.20. The van der Waals surface area contributed by atoms with Crippen molar-refractivity contribution in [1.29, 1.82) is 0 Å². The molecule has 2 amide bonds. The maximum atomic E-state index is 14.6. The Morgan fingerprint density at radius 2 is 1.57 bits per heavy atom. The van der Waals surface area contributed by atoms with Crippen molar-refractivity contribution in [2.45, 2.75) is 62.6 Å². The first-order valence-corrected chi connectivity index (χ1v) is 18.4. The molecule has 246 valence electrons. The van der Waals surface area contributed by atoms with E-state index < -0.39 is 28.5 Å². The van der Waals surface area contributed by atoms with E-state index in [0.717, 1.165) is 45.6 Å². The van der Waals surface area contributed by atoms with Gasteiger partial charge in [-0.05, 0) is 79.4 Å². The highest BCUT2D eigenvalue weighted by Crippen LogP contribution is 2.28. The number of carbonyl (C=O) groups is 2. The quantitative estimate of drug-likeness (QED) is 0.159. The molecule has 4 aromatic rings. The summed E-state index contributed by atoms with van der Waals surface area (Å²) in [5.74, 6) is -0.854. The van der Waals surface area contributed by atoms with E-state index in [-0.39, 0.29) is 29.8 Å². The molecule has 0 aliphatic heterocycles. The largest absolute Gasteiger partial charge is 0.352 e. The van der Waals surface area contributed by atoms with Gasteiger partial charge >= 0.3 is 0 Å². The fourth-order valence-corrected chi connectivity index (χ4v) is 7.88. The Hall–Kier alpha value is -3.37. The monoisotopic (exact) mass is 755 g/mol. The average Bonchev–Trinajstić information content (AvgIpc) is 3.56. The third-order valence-electron chi connectivity index (χ3n) is 8.33. The fourth-order valence-electron chi connectivity index (χ4n) is 5.73.